The topological polar surface area (TPSA) is 65.1 Å². The summed E-state index contributed by atoms with van der Waals surface area (Å²) in [6.07, 6.45) is 1.97. The van der Waals surface area contributed by atoms with Crippen molar-refractivity contribution < 1.29 is 14.3 Å². The monoisotopic (exact) mass is 422 g/mol. The summed E-state index contributed by atoms with van der Waals surface area (Å²) in [6, 6.07) is 5.38. The first kappa shape index (κ1) is 21.7. The smallest absolute Gasteiger partial charge is 0.317 e. The highest BCUT2D eigenvalue weighted by atomic mass is 35.5. The molecule has 1 aromatic carbocycles. The van der Waals surface area contributed by atoms with E-state index in [1.165, 1.54) is 0 Å². The van der Waals surface area contributed by atoms with Gasteiger partial charge in [0.2, 0.25) is 0 Å². The molecular formula is C21H31ClN4O3. The molecule has 1 unspecified atom stereocenters. The third-order valence-electron chi connectivity index (χ3n) is 6.28. The largest absolute Gasteiger partial charge is 0.483 e. The Balaban J connectivity index is 1.51. The van der Waals surface area contributed by atoms with Crippen LogP contribution in [0, 0.1) is 6.92 Å². The van der Waals surface area contributed by atoms with E-state index >= 15 is 0 Å². The SMILES string of the molecule is CCC1(N2CCN(C(=O)COc3ccc(Cl)cc3C)CC2)CCN(C(=O)NC)C1. The van der Waals surface area contributed by atoms with E-state index in [9.17, 15) is 9.59 Å². The molecule has 0 aliphatic carbocycles. The first-order valence-corrected chi connectivity index (χ1v) is 10.6. The summed E-state index contributed by atoms with van der Waals surface area (Å²) in [5, 5.41) is 3.38. The van der Waals surface area contributed by atoms with Gasteiger partial charge in [0.05, 0.1) is 0 Å². The molecule has 2 aliphatic rings. The van der Waals surface area contributed by atoms with E-state index in [1.54, 1.807) is 19.2 Å². The standard InChI is InChI=1S/C21H31ClN4O3/c1-4-21(7-8-25(15-21)20(28)23-3)26-11-9-24(10-12-26)19(27)14-29-18-6-5-17(22)13-16(18)2/h5-6,13H,4,7-12,14-15H2,1-3H3,(H,23,28). The Kier molecular flexibility index (Phi) is 6.90. The molecule has 2 aliphatic heterocycles. The molecule has 0 spiro atoms. The number of hydrogen-bond acceptors (Lipinski definition) is 4. The summed E-state index contributed by atoms with van der Waals surface area (Å²) in [5.74, 6) is 0.689. The zero-order chi connectivity index (χ0) is 21.0. The fourth-order valence-electron chi connectivity index (χ4n) is 4.39. The Morgan fingerprint density at radius 1 is 1.17 bits per heavy atom. The molecule has 1 aromatic rings. The molecule has 0 aromatic heterocycles. The van der Waals surface area contributed by atoms with Crippen molar-refractivity contribution in [1.29, 1.82) is 0 Å². The van der Waals surface area contributed by atoms with Crippen molar-refractivity contribution >= 4 is 23.5 Å². The van der Waals surface area contributed by atoms with E-state index in [-0.39, 0.29) is 24.1 Å². The number of carbonyl (C=O) groups is 2. The lowest BCUT2D eigenvalue weighted by atomic mass is 9.92. The summed E-state index contributed by atoms with van der Waals surface area (Å²) in [6.45, 7) is 8.67. The average molecular weight is 423 g/mol. The molecule has 7 nitrogen and oxygen atoms in total. The second kappa shape index (κ2) is 9.22. The fraction of sp³-hybridized carbons (Fsp3) is 0.619. The van der Waals surface area contributed by atoms with Crippen LogP contribution < -0.4 is 10.1 Å². The van der Waals surface area contributed by atoms with Crippen molar-refractivity contribution in [2.75, 3.05) is 52.9 Å². The number of nitrogens with zero attached hydrogens (tertiary/aromatic N) is 3. The third-order valence-corrected chi connectivity index (χ3v) is 6.52. The van der Waals surface area contributed by atoms with Crippen LogP contribution in [0.5, 0.6) is 5.75 Å². The molecular weight excluding hydrogens is 392 g/mol. The van der Waals surface area contributed by atoms with Gasteiger partial charge in [0, 0.05) is 56.9 Å². The average Bonchev–Trinajstić information content (AvgIpc) is 3.18. The van der Waals surface area contributed by atoms with Crippen molar-refractivity contribution in [3.05, 3.63) is 28.8 Å². The van der Waals surface area contributed by atoms with E-state index < -0.39 is 0 Å². The molecule has 1 N–H and O–H groups in total. The Bertz CT molecular complexity index is 751. The maximum absolute atomic E-state index is 12.6. The number of benzene rings is 1. The highest BCUT2D eigenvalue weighted by Gasteiger charge is 2.44. The summed E-state index contributed by atoms with van der Waals surface area (Å²) in [7, 11) is 1.67. The highest BCUT2D eigenvalue weighted by Crippen LogP contribution is 2.32. The van der Waals surface area contributed by atoms with Gasteiger partial charge in [-0.25, -0.2) is 4.79 Å². The highest BCUT2D eigenvalue weighted by molar-refractivity contribution is 6.30. The van der Waals surface area contributed by atoms with Crippen LogP contribution in [0.15, 0.2) is 18.2 Å². The molecule has 2 fully saturated rings. The van der Waals surface area contributed by atoms with E-state index in [1.807, 2.05) is 22.8 Å². The van der Waals surface area contributed by atoms with E-state index in [4.69, 9.17) is 16.3 Å². The van der Waals surface area contributed by atoms with E-state index in [0.29, 0.717) is 23.9 Å². The molecule has 3 amide bonds. The van der Waals surface area contributed by atoms with Crippen LogP contribution >= 0.6 is 11.6 Å². The normalized spacial score (nSPS) is 22.6. The Morgan fingerprint density at radius 2 is 1.90 bits per heavy atom. The van der Waals surface area contributed by atoms with Crippen LogP contribution in [0.25, 0.3) is 0 Å². The molecule has 29 heavy (non-hydrogen) atoms. The van der Waals surface area contributed by atoms with Gasteiger partial charge in [-0.2, -0.15) is 0 Å². The number of ether oxygens (including phenoxy) is 1. The number of hydrogen-bond donors (Lipinski definition) is 1. The van der Waals surface area contributed by atoms with Gasteiger partial charge in [0.15, 0.2) is 6.61 Å². The van der Waals surface area contributed by atoms with E-state index in [2.05, 4.69) is 17.1 Å². The van der Waals surface area contributed by atoms with Crippen LogP contribution in [0.2, 0.25) is 5.02 Å². The van der Waals surface area contributed by atoms with Crippen LogP contribution in [-0.4, -0.2) is 85.1 Å². The number of piperazine rings is 1. The van der Waals surface area contributed by atoms with Gasteiger partial charge in [-0.15, -0.1) is 0 Å². The van der Waals surface area contributed by atoms with Crippen molar-refractivity contribution in [1.82, 2.24) is 20.0 Å². The third kappa shape index (κ3) is 4.78. The predicted molar refractivity (Wildman–Crippen MR) is 114 cm³/mol. The molecule has 2 heterocycles. The fourth-order valence-corrected chi connectivity index (χ4v) is 4.62. The first-order valence-electron chi connectivity index (χ1n) is 10.3. The van der Waals surface area contributed by atoms with Crippen LogP contribution in [0.1, 0.15) is 25.3 Å². The lowest BCUT2D eigenvalue weighted by Crippen LogP contribution is -2.59. The van der Waals surface area contributed by atoms with Gasteiger partial charge >= 0.3 is 6.03 Å². The summed E-state index contributed by atoms with van der Waals surface area (Å²) >= 11 is 5.97. The van der Waals surface area contributed by atoms with Crippen molar-refractivity contribution in [2.45, 2.75) is 32.2 Å². The minimum atomic E-state index is -0.0104. The summed E-state index contributed by atoms with van der Waals surface area (Å²) in [4.78, 5) is 30.8. The lowest BCUT2D eigenvalue weighted by molar-refractivity contribution is -0.136. The second-order valence-corrected chi connectivity index (χ2v) is 8.31. The molecule has 0 bridgehead atoms. The van der Waals surface area contributed by atoms with Gasteiger partial charge in [-0.1, -0.05) is 18.5 Å². The predicted octanol–water partition coefficient (Wildman–Crippen LogP) is 2.37. The number of amides is 3. The van der Waals surface area contributed by atoms with Gasteiger partial charge < -0.3 is 19.9 Å². The molecule has 160 valence electrons. The number of halogens is 1. The second-order valence-electron chi connectivity index (χ2n) is 7.87. The van der Waals surface area contributed by atoms with Crippen LogP contribution in [0.4, 0.5) is 4.79 Å². The first-order chi connectivity index (χ1) is 13.9. The number of likely N-dealkylation sites (tertiary alicyclic amines) is 1. The number of rotatable bonds is 5. The zero-order valence-electron chi connectivity index (χ0n) is 17.5. The molecule has 8 heteroatoms. The molecule has 0 saturated carbocycles. The van der Waals surface area contributed by atoms with Crippen molar-refractivity contribution in [3.8, 4) is 5.75 Å². The van der Waals surface area contributed by atoms with Crippen molar-refractivity contribution in [2.24, 2.45) is 0 Å². The maximum Gasteiger partial charge on any atom is 0.317 e. The molecule has 2 saturated heterocycles. The number of urea groups is 1. The van der Waals surface area contributed by atoms with Gasteiger partial charge in [0.25, 0.3) is 5.91 Å². The Labute approximate surface area is 177 Å². The number of nitrogens with one attached hydrogen (secondary N) is 1. The molecule has 1 atom stereocenters. The minimum Gasteiger partial charge on any atom is -0.483 e. The maximum atomic E-state index is 12.6. The zero-order valence-corrected chi connectivity index (χ0v) is 18.3. The van der Waals surface area contributed by atoms with Gasteiger partial charge in [-0.3, -0.25) is 9.69 Å². The van der Waals surface area contributed by atoms with Crippen LogP contribution in [0.3, 0.4) is 0 Å². The molecule has 3 rings (SSSR count). The number of aryl methyl sites for hydroxylation is 1. The van der Waals surface area contributed by atoms with Crippen molar-refractivity contribution in [3.63, 3.8) is 0 Å². The summed E-state index contributed by atoms with van der Waals surface area (Å²) in [5.41, 5.74) is 0.931. The Hall–Kier alpha value is -1.99. The molecule has 0 radical (unpaired) electrons. The minimum absolute atomic E-state index is 0.00274. The van der Waals surface area contributed by atoms with Gasteiger partial charge in [-0.05, 0) is 43.5 Å². The number of carbonyl (C=O) groups excluding carboxylic acids is 2. The van der Waals surface area contributed by atoms with Gasteiger partial charge in [0.1, 0.15) is 5.75 Å². The lowest BCUT2D eigenvalue weighted by Gasteiger charge is -2.45. The summed E-state index contributed by atoms with van der Waals surface area (Å²) < 4.78 is 5.71. The quantitative estimate of drug-likeness (QED) is 0.791. The van der Waals surface area contributed by atoms with Crippen LogP contribution in [-0.2, 0) is 4.79 Å². The van der Waals surface area contributed by atoms with E-state index in [0.717, 1.165) is 44.6 Å². The Morgan fingerprint density at radius 3 is 2.52 bits per heavy atom.